The highest BCUT2D eigenvalue weighted by Gasteiger charge is 2.27. The largest absolute Gasteiger partial charge is 0.465 e. The van der Waals surface area contributed by atoms with Crippen LogP contribution in [0.2, 0.25) is 0 Å². The van der Waals surface area contributed by atoms with Crippen LogP contribution in [0.4, 0.5) is 10.5 Å². The van der Waals surface area contributed by atoms with E-state index in [0.717, 1.165) is 6.42 Å². The number of anilines is 1. The molecule has 0 bridgehead atoms. The van der Waals surface area contributed by atoms with E-state index in [-0.39, 0.29) is 17.5 Å². The van der Waals surface area contributed by atoms with E-state index in [0.29, 0.717) is 25.2 Å². The molecule has 0 radical (unpaired) electrons. The Hall–Kier alpha value is -2.57. The van der Waals surface area contributed by atoms with Gasteiger partial charge in [0.25, 0.3) is 0 Å². The number of para-hydroxylation sites is 1. The summed E-state index contributed by atoms with van der Waals surface area (Å²) in [6.07, 6.45) is 1.41. The summed E-state index contributed by atoms with van der Waals surface area (Å²) < 4.78 is 4.69. The van der Waals surface area contributed by atoms with Crippen molar-refractivity contribution < 1.29 is 19.1 Å². The van der Waals surface area contributed by atoms with Gasteiger partial charge in [-0.3, -0.25) is 4.79 Å². The number of piperidine rings is 1. The molecular formula is C15H19N3O4. The Morgan fingerprint density at radius 1 is 1.32 bits per heavy atom. The number of hydrogen-bond acceptors (Lipinski definition) is 4. The Balaban J connectivity index is 2.09. The van der Waals surface area contributed by atoms with Crippen molar-refractivity contribution in [3.63, 3.8) is 0 Å². The van der Waals surface area contributed by atoms with Gasteiger partial charge in [0.1, 0.15) is 0 Å². The van der Waals surface area contributed by atoms with Gasteiger partial charge in [-0.15, -0.1) is 0 Å². The Labute approximate surface area is 128 Å². The minimum Gasteiger partial charge on any atom is -0.465 e. The number of esters is 1. The van der Waals surface area contributed by atoms with Crippen molar-refractivity contribution in [1.29, 1.82) is 0 Å². The molecule has 1 atom stereocenters. The number of nitrogens with two attached hydrogens (primary N) is 1. The van der Waals surface area contributed by atoms with E-state index >= 15 is 0 Å². The van der Waals surface area contributed by atoms with Crippen LogP contribution in [0, 0.1) is 5.92 Å². The van der Waals surface area contributed by atoms with Gasteiger partial charge < -0.3 is 20.7 Å². The third-order valence-corrected chi connectivity index (χ3v) is 3.68. The fraction of sp³-hybridized carbons (Fsp3) is 0.400. The molecule has 2 rings (SSSR count). The average Bonchev–Trinajstić information content (AvgIpc) is 2.54. The van der Waals surface area contributed by atoms with Gasteiger partial charge >= 0.3 is 12.0 Å². The molecule has 0 saturated carbocycles. The van der Waals surface area contributed by atoms with Gasteiger partial charge in [-0.1, -0.05) is 12.1 Å². The molecule has 0 aromatic heterocycles. The second-order valence-corrected chi connectivity index (χ2v) is 5.15. The summed E-state index contributed by atoms with van der Waals surface area (Å²) in [7, 11) is 1.28. The summed E-state index contributed by atoms with van der Waals surface area (Å²) in [5.74, 6) is -1.24. The van der Waals surface area contributed by atoms with Crippen molar-refractivity contribution in [2.75, 3.05) is 25.5 Å². The van der Waals surface area contributed by atoms with Gasteiger partial charge in [-0.2, -0.15) is 0 Å². The Kier molecular flexibility index (Phi) is 4.98. The molecule has 7 nitrogen and oxygen atoms in total. The van der Waals surface area contributed by atoms with Crippen molar-refractivity contribution >= 4 is 23.6 Å². The van der Waals surface area contributed by atoms with Gasteiger partial charge in [0.05, 0.1) is 24.3 Å². The maximum Gasteiger partial charge on any atom is 0.339 e. The van der Waals surface area contributed by atoms with Crippen LogP contribution in [0.25, 0.3) is 0 Å². The first-order chi connectivity index (χ1) is 10.5. The Morgan fingerprint density at radius 2 is 2.05 bits per heavy atom. The van der Waals surface area contributed by atoms with Crippen molar-refractivity contribution in [3.05, 3.63) is 29.8 Å². The first-order valence-corrected chi connectivity index (χ1v) is 7.05. The number of hydrogen-bond donors (Lipinski definition) is 2. The topological polar surface area (TPSA) is 102 Å². The van der Waals surface area contributed by atoms with E-state index in [9.17, 15) is 14.4 Å². The molecule has 1 aliphatic rings. The molecular weight excluding hydrogens is 286 g/mol. The summed E-state index contributed by atoms with van der Waals surface area (Å²) in [4.78, 5) is 36.8. The molecule has 0 aliphatic carbocycles. The van der Waals surface area contributed by atoms with Gasteiger partial charge in [-0.05, 0) is 25.0 Å². The molecule has 118 valence electrons. The zero-order valence-corrected chi connectivity index (χ0v) is 12.4. The lowest BCUT2D eigenvalue weighted by atomic mass is 9.98. The average molecular weight is 305 g/mol. The SMILES string of the molecule is COC(=O)c1ccccc1NC(=O)N1CCCC(C(N)=O)C1. The van der Waals surface area contributed by atoms with Crippen LogP contribution < -0.4 is 11.1 Å². The van der Waals surface area contributed by atoms with Gasteiger partial charge in [0.15, 0.2) is 0 Å². The quantitative estimate of drug-likeness (QED) is 0.819. The Bertz CT molecular complexity index is 588. The lowest BCUT2D eigenvalue weighted by Gasteiger charge is -2.31. The third-order valence-electron chi connectivity index (χ3n) is 3.68. The molecule has 1 aromatic carbocycles. The molecule has 1 fully saturated rings. The highest BCUT2D eigenvalue weighted by Crippen LogP contribution is 2.20. The monoisotopic (exact) mass is 305 g/mol. The molecule has 3 amide bonds. The highest BCUT2D eigenvalue weighted by atomic mass is 16.5. The second kappa shape index (κ2) is 6.93. The second-order valence-electron chi connectivity index (χ2n) is 5.15. The van der Waals surface area contributed by atoms with Crippen molar-refractivity contribution in [1.82, 2.24) is 4.90 Å². The lowest BCUT2D eigenvalue weighted by Crippen LogP contribution is -2.45. The third kappa shape index (κ3) is 3.55. The van der Waals surface area contributed by atoms with Crippen LogP contribution in [0.3, 0.4) is 0 Å². The van der Waals surface area contributed by atoms with E-state index in [4.69, 9.17) is 5.73 Å². The number of benzene rings is 1. The number of primary amides is 1. The number of carbonyl (C=O) groups is 3. The molecule has 7 heteroatoms. The molecule has 1 saturated heterocycles. The molecule has 1 aromatic rings. The fourth-order valence-corrected chi connectivity index (χ4v) is 2.47. The number of ether oxygens (including phenoxy) is 1. The number of nitrogens with zero attached hydrogens (tertiary/aromatic N) is 1. The zero-order valence-electron chi connectivity index (χ0n) is 12.4. The first kappa shape index (κ1) is 15.8. The van der Waals surface area contributed by atoms with Crippen LogP contribution in [0.1, 0.15) is 23.2 Å². The predicted molar refractivity (Wildman–Crippen MR) is 80.3 cm³/mol. The number of carbonyl (C=O) groups excluding carboxylic acids is 3. The molecule has 1 heterocycles. The summed E-state index contributed by atoms with van der Waals surface area (Å²) in [5, 5.41) is 2.69. The maximum absolute atomic E-state index is 12.3. The molecule has 0 spiro atoms. The van der Waals surface area contributed by atoms with Crippen LogP contribution >= 0.6 is 0 Å². The summed E-state index contributed by atoms with van der Waals surface area (Å²) >= 11 is 0. The number of amides is 3. The van der Waals surface area contributed by atoms with Gasteiger partial charge in [0.2, 0.25) is 5.91 Å². The highest BCUT2D eigenvalue weighted by molar-refractivity contribution is 6.00. The standard InChI is InChI=1S/C15H19N3O4/c1-22-14(20)11-6-2-3-7-12(11)17-15(21)18-8-4-5-10(9-18)13(16)19/h2-3,6-7,10H,4-5,8-9H2,1H3,(H2,16,19)(H,17,21). The van der Waals surface area contributed by atoms with Gasteiger partial charge in [0, 0.05) is 13.1 Å². The van der Waals surface area contributed by atoms with E-state index in [1.54, 1.807) is 24.3 Å². The minimum absolute atomic E-state index is 0.279. The van der Waals surface area contributed by atoms with Crippen molar-refractivity contribution in [3.8, 4) is 0 Å². The number of methoxy groups -OCH3 is 1. The maximum atomic E-state index is 12.3. The van der Waals surface area contributed by atoms with Crippen LogP contribution in [0.15, 0.2) is 24.3 Å². The number of nitrogens with one attached hydrogen (secondary N) is 1. The normalized spacial score (nSPS) is 17.7. The molecule has 22 heavy (non-hydrogen) atoms. The van der Waals surface area contributed by atoms with E-state index in [2.05, 4.69) is 10.1 Å². The summed E-state index contributed by atoms with van der Waals surface area (Å²) in [5.41, 5.74) is 5.96. The summed E-state index contributed by atoms with van der Waals surface area (Å²) in [6.45, 7) is 0.845. The molecule has 1 aliphatic heterocycles. The smallest absolute Gasteiger partial charge is 0.339 e. The molecule has 3 N–H and O–H groups in total. The van der Waals surface area contributed by atoms with Crippen LogP contribution in [-0.2, 0) is 9.53 Å². The minimum atomic E-state index is -0.524. The van der Waals surface area contributed by atoms with E-state index in [1.807, 2.05) is 0 Å². The number of rotatable bonds is 3. The summed E-state index contributed by atoms with van der Waals surface area (Å²) in [6, 6.07) is 6.24. The van der Waals surface area contributed by atoms with Crippen molar-refractivity contribution in [2.45, 2.75) is 12.8 Å². The number of likely N-dealkylation sites (tertiary alicyclic amines) is 1. The van der Waals surface area contributed by atoms with E-state index < -0.39 is 11.9 Å². The first-order valence-electron chi connectivity index (χ1n) is 7.05. The zero-order chi connectivity index (χ0) is 16.1. The predicted octanol–water partition coefficient (Wildman–Crippen LogP) is 1.20. The Morgan fingerprint density at radius 3 is 2.73 bits per heavy atom. The van der Waals surface area contributed by atoms with Crippen LogP contribution in [-0.4, -0.2) is 43.0 Å². The molecule has 1 unspecified atom stereocenters. The van der Waals surface area contributed by atoms with Crippen molar-refractivity contribution in [2.24, 2.45) is 11.7 Å². The number of urea groups is 1. The van der Waals surface area contributed by atoms with Crippen LogP contribution in [0.5, 0.6) is 0 Å². The van der Waals surface area contributed by atoms with Gasteiger partial charge in [-0.25, -0.2) is 9.59 Å². The fourth-order valence-electron chi connectivity index (χ4n) is 2.47. The lowest BCUT2D eigenvalue weighted by molar-refractivity contribution is -0.123. The van der Waals surface area contributed by atoms with E-state index in [1.165, 1.54) is 12.0 Å².